The molecule has 46 heavy (non-hydrogen) atoms. The number of carboxylic acid groups (broad SMARTS) is 1. The fourth-order valence-corrected chi connectivity index (χ4v) is 5.82. The van der Waals surface area contributed by atoms with E-state index < -0.39 is 58.1 Å². The number of benzene rings is 2. The maximum Gasteiger partial charge on any atom is 0.416 e. The highest BCUT2D eigenvalue weighted by atomic mass is 19.4. The molecule has 13 heteroatoms. The summed E-state index contributed by atoms with van der Waals surface area (Å²) in [6, 6.07) is 6.84. The normalized spacial score (nSPS) is 15.5. The van der Waals surface area contributed by atoms with E-state index in [1.165, 1.54) is 45.3 Å². The molecule has 1 aliphatic rings. The molecule has 0 unspecified atom stereocenters. The van der Waals surface area contributed by atoms with Crippen LogP contribution in [0.1, 0.15) is 55.9 Å². The van der Waals surface area contributed by atoms with Gasteiger partial charge in [0.1, 0.15) is 11.6 Å². The van der Waals surface area contributed by atoms with Gasteiger partial charge in [-0.2, -0.15) is 26.3 Å². The van der Waals surface area contributed by atoms with Crippen molar-refractivity contribution >= 4 is 23.4 Å². The van der Waals surface area contributed by atoms with E-state index in [0.717, 1.165) is 4.90 Å². The minimum atomic E-state index is -5.09. The van der Waals surface area contributed by atoms with Gasteiger partial charge in [0.25, 0.3) is 0 Å². The molecule has 4 rings (SSSR count). The number of aromatic nitrogens is 1. The van der Waals surface area contributed by atoms with Crippen molar-refractivity contribution in [3.8, 4) is 11.1 Å². The highest BCUT2D eigenvalue weighted by Gasteiger charge is 2.41. The Morgan fingerprint density at radius 1 is 0.913 bits per heavy atom. The van der Waals surface area contributed by atoms with Crippen molar-refractivity contribution in [2.24, 2.45) is 11.8 Å². The van der Waals surface area contributed by atoms with Gasteiger partial charge in [-0.15, -0.1) is 0 Å². The Hall–Kier alpha value is -4.16. The Bertz CT molecular complexity index is 1600. The van der Waals surface area contributed by atoms with Crippen LogP contribution in [0.25, 0.3) is 11.1 Å². The number of aryl methyl sites for hydroxylation is 1. The fourth-order valence-electron chi connectivity index (χ4n) is 5.82. The van der Waals surface area contributed by atoms with Gasteiger partial charge in [-0.1, -0.05) is 13.0 Å². The molecule has 1 saturated heterocycles. The number of anilines is 2. The topological polar surface area (TPSA) is 73.7 Å². The van der Waals surface area contributed by atoms with Crippen LogP contribution in [-0.2, 0) is 27.4 Å². The molecule has 0 bridgehead atoms. The zero-order valence-corrected chi connectivity index (χ0v) is 25.9. The molecule has 1 aromatic heterocycles. The summed E-state index contributed by atoms with van der Waals surface area (Å²) in [5.74, 6) is -2.20. The minimum absolute atomic E-state index is 0.0109. The lowest BCUT2D eigenvalue weighted by Gasteiger charge is -2.35. The van der Waals surface area contributed by atoms with Crippen LogP contribution in [-0.4, -0.2) is 42.1 Å². The Balaban J connectivity index is 1.76. The molecule has 0 aliphatic carbocycles. The Morgan fingerprint density at radius 3 is 1.96 bits per heavy atom. The van der Waals surface area contributed by atoms with Crippen LogP contribution in [0.3, 0.4) is 0 Å². The van der Waals surface area contributed by atoms with E-state index in [1.807, 2.05) is 4.90 Å². The molecule has 0 saturated carbocycles. The zero-order valence-electron chi connectivity index (χ0n) is 25.9. The lowest BCUT2D eigenvalue weighted by atomic mass is 9.81. The number of hydrogen-bond acceptors (Lipinski definition) is 4. The smallest absolute Gasteiger partial charge is 0.416 e. The van der Waals surface area contributed by atoms with Crippen LogP contribution in [0.4, 0.5) is 42.2 Å². The Morgan fingerprint density at radius 2 is 1.46 bits per heavy atom. The second-order valence-electron chi connectivity index (χ2n) is 12.3. The quantitative estimate of drug-likeness (QED) is 0.261. The molecule has 2 aromatic carbocycles. The number of hydrogen-bond donors (Lipinski definition) is 1. The summed E-state index contributed by atoms with van der Waals surface area (Å²) in [4.78, 5) is 33.1. The number of rotatable bonds is 7. The van der Waals surface area contributed by atoms with E-state index in [-0.39, 0.29) is 17.7 Å². The predicted molar refractivity (Wildman–Crippen MR) is 159 cm³/mol. The highest BCUT2D eigenvalue weighted by Crippen LogP contribution is 2.41. The van der Waals surface area contributed by atoms with Crippen LogP contribution in [0, 0.1) is 24.6 Å². The maximum absolute atomic E-state index is 14.1. The number of carbonyl (C=O) groups is 2. The molecular weight excluding hydrogens is 619 g/mol. The van der Waals surface area contributed by atoms with Crippen molar-refractivity contribution in [2.45, 2.75) is 58.3 Å². The summed E-state index contributed by atoms with van der Waals surface area (Å²) < 4.78 is 95.8. The number of carboxylic acids is 1. The lowest BCUT2D eigenvalue weighted by molar-refractivity contribution is -0.144. The largest absolute Gasteiger partial charge is 0.481 e. The number of amides is 1. The number of nitrogens with zero attached hydrogens (tertiary/aromatic N) is 3. The zero-order chi connectivity index (χ0) is 34.4. The summed E-state index contributed by atoms with van der Waals surface area (Å²) in [5, 5.41) is 9.40. The standard InChI is InChI=1S/C33H34F7N3O3/c1-18-12-24(34)6-7-25(18)26-16-28(43-10-8-20(9-11-43)19(2)29(44)45)41-17-27(26)42(5)30(46)31(3,4)21-13-22(32(35,36)37)15-23(14-21)33(38,39)40/h6-7,12-17,19-20H,8-11H2,1-5H3,(H,44,45)/t19-/m1/s1. The molecule has 1 amide bonds. The fraction of sp³-hybridized carbons (Fsp3) is 0.424. The van der Waals surface area contributed by atoms with Gasteiger partial charge in [0.15, 0.2) is 0 Å². The SMILES string of the molecule is Cc1cc(F)ccc1-c1cc(N2CCC([C@@H](C)C(=O)O)CC2)ncc1N(C)C(=O)C(C)(C)c1cc(C(F)(F)F)cc(C(F)(F)F)c1. The summed E-state index contributed by atoms with van der Waals surface area (Å²) >= 11 is 0. The number of piperidine rings is 1. The first-order valence-electron chi connectivity index (χ1n) is 14.5. The predicted octanol–water partition coefficient (Wildman–Crippen LogP) is 8.11. The van der Waals surface area contributed by atoms with Crippen molar-refractivity contribution in [2.75, 3.05) is 29.9 Å². The molecule has 1 fully saturated rings. The van der Waals surface area contributed by atoms with E-state index in [2.05, 4.69) is 4.98 Å². The first-order valence-corrected chi connectivity index (χ1v) is 14.5. The van der Waals surface area contributed by atoms with Crippen molar-refractivity contribution < 1.29 is 45.4 Å². The van der Waals surface area contributed by atoms with Crippen molar-refractivity contribution in [1.29, 1.82) is 0 Å². The van der Waals surface area contributed by atoms with Crippen LogP contribution in [0.2, 0.25) is 0 Å². The molecular formula is C33H34F7N3O3. The van der Waals surface area contributed by atoms with Crippen LogP contribution in [0.5, 0.6) is 0 Å². The van der Waals surface area contributed by atoms with Crippen LogP contribution < -0.4 is 9.80 Å². The van der Waals surface area contributed by atoms with E-state index in [1.54, 1.807) is 19.9 Å². The average molecular weight is 654 g/mol. The van der Waals surface area contributed by atoms with Crippen molar-refractivity contribution in [3.63, 3.8) is 0 Å². The number of carbonyl (C=O) groups excluding carboxylic acids is 1. The van der Waals surface area contributed by atoms with Gasteiger partial charge in [-0.3, -0.25) is 9.59 Å². The second-order valence-corrected chi connectivity index (χ2v) is 12.3. The molecule has 1 aliphatic heterocycles. The summed E-state index contributed by atoms with van der Waals surface area (Å²) in [6.07, 6.45) is -7.58. The minimum Gasteiger partial charge on any atom is -0.481 e. The molecule has 248 valence electrons. The monoisotopic (exact) mass is 653 g/mol. The number of alkyl halides is 6. The van der Waals surface area contributed by atoms with Gasteiger partial charge < -0.3 is 14.9 Å². The Kier molecular flexibility index (Phi) is 9.48. The van der Waals surface area contributed by atoms with E-state index in [0.29, 0.717) is 60.6 Å². The Labute approximate surface area is 261 Å². The van der Waals surface area contributed by atoms with Gasteiger partial charge in [0, 0.05) is 25.7 Å². The first-order chi connectivity index (χ1) is 21.2. The third-order valence-electron chi connectivity index (χ3n) is 8.82. The van der Waals surface area contributed by atoms with Crippen molar-refractivity contribution in [3.05, 3.63) is 76.7 Å². The number of pyridine rings is 1. The maximum atomic E-state index is 14.1. The number of halogens is 7. The van der Waals surface area contributed by atoms with Gasteiger partial charge in [0.05, 0.1) is 34.3 Å². The van der Waals surface area contributed by atoms with Gasteiger partial charge in [0.2, 0.25) is 5.91 Å². The van der Waals surface area contributed by atoms with Crippen LogP contribution in [0.15, 0.2) is 48.7 Å². The average Bonchev–Trinajstić information content (AvgIpc) is 2.98. The third kappa shape index (κ3) is 7.13. The molecule has 3 aromatic rings. The first kappa shape index (κ1) is 34.7. The van der Waals surface area contributed by atoms with Crippen molar-refractivity contribution in [1.82, 2.24) is 4.98 Å². The number of aliphatic carboxylic acids is 1. The van der Waals surface area contributed by atoms with E-state index >= 15 is 0 Å². The molecule has 1 N–H and O–H groups in total. The summed E-state index contributed by atoms with van der Waals surface area (Å²) in [6.45, 7) is 6.84. The molecule has 1 atom stereocenters. The molecule has 2 heterocycles. The molecule has 6 nitrogen and oxygen atoms in total. The highest BCUT2D eigenvalue weighted by molar-refractivity contribution is 6.03. The lowest BCUT2D eigenvalue weighted by Crippen LogP contribution is -2.42. The molecule has 0 spiro atoms. The van der Waals surface area contributed by atoms with Gasteiger partial charge >= 0.3 is 18.3 Å². The third-order valence-corrected chi connectivity index (χ3v) is 8.82. The number of likely N-dealkylation sites (N-methyl/N-ethyl adjacent to an activating group) is 1. The van der Waals surface area contributed by atoms with Gasteiger partial charge in [-0.25, -0.2) is 9.37 Å². The summed E-state index contributed by atoms with van der Waals surface area (Å²) in [7, 11) is 1.35. The second kappa shape index (κ2) is 12.6. The molecule has 0 radical (unpaired) electrons. The van der Waals surface area contributed by atoms with Gasteiger partial charge in [-0.05, 0) is 92.6 Å². The summed E-state index contributed by atoms with van der Waals surface area (Å²) in [5.41, 5.74) is -3.71. The van der Waals surface area contributed by atoms with E-state index in [9.17, 15) is 45.4 Å². The van der Waals surface area contributed by atoms with E-state index in [4.69, 9.17) is 0 Å². The van der Waals surface area contributed by atoms with Crippen LogP contribution >= 0.6 is 0 Å².